The van der Waals surface area contributed by atoms with Crippen molar-refractivity contribution in [3.8, 4) is 11.5 Å². The standard InChI is InChI=1S/C22H20BF3O2/c1-2-3-4-16-15-19(26)9-14-22(16)23(27-20-10-5-17(24)6-11-20)28-21-12-7-18(25)8-13-21/h5-15H,2-4H2,1H3. The van der Waals surface area contributed by atoms with Gasteiger partial charge in [0.2, 0.25) is 0 Å². The molecule has 0 saturated carbocycles. The van der Waals surface area contributed by atoms with Crippen LogP contribution in [0.15, 0.2) is 66.7 Å². The lowest BCUT2D eigenvalue weighted by molar-refractivity contribution is 0.437. The van der Waals surface area contributed by atoms with E-state index >= 15 is 0 Å². The highest BCUT2D eigenvalue weighted by Crippen LogP contribution is 2.18. The Balaban J connectivity index is 1.94. The molecule has 0 fully saturated rings. The predicted octanol–water partition coefficient (Wildman–Crippen LogP) is 5.30. The maximum atomic E-state index is 13.8. The Kier molecular flexibility index (Phi) is 6.64. The number of unbranched alkanes of at least 4 members (excludes halogenated alkanes) is 1. The molecule has 0 heterocycles. The molecule has 0 bridgehead atoms. The van der Waals surface area contributed by atoms with Gasteiger partial charge in [0.1, 0.15) is 29.0 Å². The van der Waals surface area contributed by atoms with Gasteiger partial charge in [0.25, 0.3) is 0 Å². The number of benzene rings is 3. The molecule has 6 heteroatoms. The summed E-state index contributed by atoms with van der Waals surface area (Å²) in [7, 11) is -0.900. The van der Waals surface area contributed by atoms with Gasteiger partial charge in [-0.05, 0) is 79.1 Å². The number of rotatable bonds is 8. The van der Waals surface area contributed by atoms with Crippen molar-refractivity contribution in [3.63, 3.8) is 0 Å². The molecule has 0 unspecified atom stereocenters. The fraction of sp³-hybridized carbons (Fsp3) is 0.182. The van der Waals surface area contributed by atoms with Gasteiger partial charge >= 0.3 is 7.12 Å². The second-order valence-electron chi connectivity index (χ2n) is 6.42. The van der Waals surface area contributed by atoms with E-state index in [0.717, 1.165) is 18.4 Å². The zero-order valence-electron chi connectivity index (χ0n) is 15.5. The van der Waals surface area contributed by atoms with E-state index in [2.05, 4.69) is 6.92 Å². The molecule has 0 aliphatic heterocycles. The van der Waals surface area contributed by atoms with E-state index in [-0.39, 0.29) is 17.5 Å². The van der Waals surface area contributed by atoms with Crippen molar-refractivity contribution in [2.45, 2.75) is 26.2 Å². The van der Waals surface area contributed by atoms with Gasteiger partial charge in [-0.1, -0.05) is 19.4 Å². The van der Waals surface area contributed by atoms with Gasteiger partial charge in [-0.3, -0.25) is 0 Å². The Labute approximate surface area is 163 Å². The van der Waals surface area contributed by atoms with Crippen LogP contribution in [0.5, 0.6) is 11.5 Å². The van der Waals surface area contributed by atoms with Crippen molar-refractivity contribution < 1.29 is 22.5 Å². The average molecular weight is 384 g/mol. The summed E-state index contributed by atoms with van der Waals surface area (Å²) in [6, 6.07) is 15.5. The maximum absolute atomic E-state index is 13.8. The van der Waals surface area contributed by atoms with Crippen LogP contribution < -0.4 is 14.8 Å². The first-order chi connectivity index (χ1) is 13.5. The molecule has 0 saturated heterocycles. The third kappa shape index (κ3) is 5.32. The quantitative estimate of drug-likeness (QED) is 0.491. The van der Waals surface area contributed by atoms with E-state index in [1.807, 2.05) is 0 Å². The SMILES string of the molecule is CCCCc1cc(F)ccc1B(Oc1ccc(F)cc1)Oc1ccc(F)cc1. The summed E-state index contributed by atoms with van der Waals surface area (Å²) >= 11 is 0. The minimum Gasteiger partial charge on any atom is -0.522 e. The van der Waals surface area contributed by atoms with E-state index in [9.17, 15) is 13.2 Å². The number of hydrogen-bond acceptors (Lipinski definition) is 2. The molecule has 144 valence electrons. The van der Waals surface area contributed by atoms with Crippen molar-refractivity contribution in [1.82, 2.24) is 0 Å². The molecule has 0 N–H and O–H groups in total. The topological polar surface area (TPSA) is 18.5 Å². The first-order valence-electron chi connectivity index (χ1n) is 9.18. The monoisotopic (exact) mass is 384 g/mol. The van der Waals surface area contributed by atoms with Crippen LogP contribution in [0.1, 0.15) is 25.3 Å². The van der Waals surface area contributed by atoms with Crippen LogP contribution in [-0.2, 0) is 6.42 Å². The third-order valence-electron chi connectivity index (χ3n) is 4.27. The molecule has 3 aromatic rings. The van der Waals surface area contributed by atoms with Crippen LogP contribution in [0.3, 0.4) is 0 Å². The Bertz CT molecular complexity index is 851. The lowest BCUT2D eigenvalue weighted by Crippen LogP contribution is -2.44. The van der Waals surface area contributed by atoms with Gasteiger partial charge in [-0.25, -0.2) is 13.2 Å². The van der Waals surface area contributed by atoms with Crippen molar-refractivity contribution in [3.05, 3.63) is 89.7 Å². The Morgan fingerprint density at radius 3 is 1.71 bits per heavy atom. The van der Waals surface area contributed by atoms with Crippen LogP contribution in [-0.4, -0.2) is 7.12 Å². The predicted molar refractivity (Wildman–Crippen MR) is 104 cm³/mol. The molecular weight excluding hydrogens is 364 g/mol. The second kappa shape index (κ2) is 9.35. The highest BCUT2D eigenvalue weighted by molar-refractivity contribution is 6.63. The van der Waals surface area contributed by atoms with Crippen molar-refractivity contribution >= 4 is 12.6 Å². The van der Waals surface area contributed by atoms with Crippen molar-refractivity contribution in [2.75, 3.05) is 0 Å². The average Bonchev–Trinajstić information content (AvgIpc) is 2.69. The lowest BCUT2D eigenvalue weighted by atomic mass is 9.74. The van der Waals surface area contributed by atoms with E-state index in [0.29, 0.717) is 23.4 Å². The third-order valence-corrected chi connectivity index (χ3v) is 4.27. The first kappa shape index (κ1) is 19.9. The minimum atomic E-state index is -0.900. The zero-order chi connectivity index (χ0) is 19.9. The van der Waals surface area contributed by atoms with Gasteiger partial charge in [0, 0.05) is 5.46 Å². The van der Waals surface area contributed by atoms with E-state index in [1.54, 1.807) is 6.07 Å². The molecule has 0 amide bonds. The van der Waals surface area contributed by atoms with Gasteiger partial charge in [-0.15, -0.1) is 0 Å². The summed E-state index contributed by atoms with van der Waals surface area (Å²) in [5.41, 5.74) is 1.44. The molecule has 0 aliphatic rings. The summed E-state index contributed by atoms with van der Waals surface area (Å²) < 4.78 is 52.1. The summed E-state index contributed by atoms with van der Waals surface area (Å²) in [6.45, 7) is 2.06. The van der Waals surface area contributed by atoms with Crippen LogP contribution in [0.25, 0.3) is 0 Å². The molecule has 0 spiro atoms. The Morgan fingerprint density at radius 2 is 1.21 bits per heavy atom. The summed E-state index contributed by atoms with van der Waals surface area (Å²) in [4.78, 5) is 0. The largest absolute Gasteiger partial charge is 0.632 e. The molecule has 28 heavy (non-hydrogen) atoms. The van der Waals surface area contributed by atoms with E-state index < -0.39 is 7.12 Å². The highest BCUT2D eigenvalue weighted by atomic mass is 19.1. The smallest absolute Gasteiger partial charge is 0.522 e. The van der Waals surface area contributed by atoms with Crippen LogP contribution in [0, 0.1) is 17.5 Å². The Morgan fingerprint density at radius 1 is 0.714 bits per heavy atom. The number of halogens is 3. The number of aryl methyl sites for hydroxylation is 1. The molecule has 2 nitrogen and oxygen atoms in total. The molecule has 3 aromatic carbocycles. The van der Waals surface area contributed by atoms with Gasteiger partial charge in [-0.2, -0.15) is 0 Å². The van der Waals surface area contributed by atoms with E-state index in [1.165, 1.54) is 60.7 Å². The van der Waals surface area contributed by atoms with Gasteiger partial charge in [0.05, 0.1) is 0 Å². The minimum absolute atomic E-state index is 0.336. The summed E-state index contributed by atoms with van der Waals surface area (Å²) in [5.74, 6) is -0.293. The summed E-state index contributed by atoms with van der Waals surface area (Å²) in [6.07, 6.45) is 2.51. The second-order valence-corrected chi connectivity index (χ2v) is 6.42. The van der Waals surface area contributed by atoms with Gasteiger partial charge < -0.3 is 9.31 Å². The van der Waals surface area contributed by atoms with Crippen LogP contribution >= 0.6 is 0 Å². The molecule has 0 aromatic heterocycles. The fourth-order valence-corrected chi connectivity index (χ4v) is 2.81. The van der Waals surface area contributed by atoms with E-state index in [4.69, 9.17) is 9.31 Å². The number of hydrogen-bond donors (Lipinski definition) is 0. The van der Waals surface area contributed by atoms with Crippen molar-refractivity contribution in [1.29, 1.82) is 0 Å². The van der Waals surface area contributed by atoms with Gasteiger partial charge in [0.15, 0.2) is 0 Å². The lowest BCUT2D eigenvalue weighted by Gasteiger charge is -2.19. The summed E-state index contributed by atoms with van der Waals surface area (Å²) in [5, 5.41) is 0. The van der Waals surface area contributed by atoms with Crippen molar-refractivity contribution in [2.24, 2.45) is 0 Å². The normalized spacial score (nSPS) is 10.6. The Hall–Kier alpha value is -2.89. The molecular formula is C22H20BF3O2. The van der Waals surface area contributed by atoms with Crippen LogP contribution in [0.2, 0.25) is 0 Å². The zero-order valence-corrected chi connectivity index (χ0v) is 15.5. The molecule has 0 radical (unpaired) electrons. The van der Waals surface area contributed by atoms with Crippen LogP contribution in [0.4, 0.5) is 13.2 Å². The molecule has 0 atom stereocenters. The highest BCUT2D eigenvalue weighted by Gasteiger charge is 2.29. The fourth-order valence-electron chi connectivity index (χ4n) is 2.81. The maximum Gasteiger partial charge on any atom is 0.632 e. The molecule has 3 rings (SSSR count). The first-order valence-corrected chi connectivity index (χ1v) is 9.18. The molecule has 0 aliphatic carbocycles.